The summed E-state index contributed by atoms with van der Waals surface area (Å²) < 4.78 is 6.70. The van der Waals surface area contributed by atoms with Gasteiger partial charge in [0.05, 0.1) is 21.8 Å². The van der Waals surface area contributed by atoms with Crippen LogP contribution in [0.2, 0.25) is 0 Å². The van der Waals surface area contributed by atoms with Gasteiger partial charge in [0.15, 0.2) is 5.01 Å². The van der Waals surface area contributed by atoms with Crippen LogP contribution in [0.1, 0.15) is 21.3 Å². The van der Waals surface area contributed by atoms with Gasteiger partial charge in [-0.05, 0) is 23.8 Å². The maximum Gasteiger partial charge on any atom is 0.277 e. The normalized spacial score (nSPS) is 17.1. The van der Waals surface area contributed by atoms with Crippen LogP contribution in [0.5, 0.6) is 5.75 Å². The molecule has 2 heterocycles. The number of fused-ring (bicyclic) bond motifs is 2. The number of carbonyl (C=O) groups excluding carboxylic acids is 2. The molecule has 1 aliphatic rings. The number of rotatable bonds is 2. The third-order valence-electron chi connectivity index (χ3n) is 4.30. The van der Waals surface area contributed by atoms with E-state index in [0.29, 0.717) is 11.3 Å². The van der Waals surface area contributed by atoms with Gasteiger partial charge in [-0.15, -0.1) is 11.3 Å². The van der Waals surface area contributed by atoms with Gasteiger partial charge in [-0.25, -0.2) is 4.98 Å². The Labute approximate surface area is 147 Å². The highest BCUT2D eigenvalue weighted by molar-refractivity contribution is 7.20. The summed E-state index contributed by atoms with van der Waals surface area (Å²) in [5.74, 6) is -0.487. The van der Waals surface area contributed by atoms with E-state index in [1.807, 2.05) is 42.5 Å². The number of likely N-dealkylation sites (N-methyl/N-ethyl adjacent to an activating group) is 1. The molecule has 0 spiro atoms. The summed E-state index contributed by atoms with van der Waals surface area (Å²) in [5, 5.41) is 0.237. The van der Waals surface area contributed by atoms with Crippen LogP contribution >= 0.6 is 11.3 Å². The number of nitrogens with zero attached hydrogens (tertiary/aromatic N) is 2. The smallest absolute Gasteiger partial charge is 0.277 e. The van der Waals surface area contributed by atoms with E-state index in [-0.39, 0.29) is 17.5 Å². The quantitative estimate of drug-likeness (QED) is 0.767. The van der Waals surface area contributed by atoms with Crippen LogP contribution in [0.4, 0.5) is 5.69 Å². The fourth-order valence-electron chi connectivity index (χ4n) is 3.03. The first-order valence-corrected chi connectivity index (χ1v) is 8.56. The van der Waals surface area contributed by atoms with Crippen molar-refractivity contribution in [2.24, 2.45) is 5.73 Å². The second-order valence-electron chi connectivity index (χ2n) is 5.81. The number of ether oxygens (including phenoxy) is 1. The molecule has 0 aliphatic carbocycles. The van der Waals surface area contributed by atoms with Gasteiger partial charge in [-0.2, -0.15) is 0 Å². The van der Waals surface area contributed by atoms with Gasteiger partial charge in [0, 0.05) is 7.05 Å². The molecule has 1 aromatic heterocycles. The Morgan fingerprint density at radius 1 is 1.28 bits per heavy atom. The van der Waals surface area contributed by atoms with E-state index in [1.54, 1.807) is 11.9 Å². The number of aromatic nitrogens is 1. The largest absolute Gasteiger partial charge is 0.490 e. The zero-order valence-corrected chi connectivity index (χ0v) is 14.2. The summed E-state index contributed by atoms with van der Waals surface area (Å²) in [4.78, 5) is 30.4. The molecule has 126 valence electrons. The SMILES string of the molecule is CN1C(=O)[C@@H](c2cccc3sc(C(N)=O)nc23)COc2ccccc21. The van der Waals surface area contributed by atoms with Crippen LogP contribution in [0, 0.1) is 0 Å². The van der Waals surface area contributed by atoms with E-state index >= 15 is 0 Å². The number of primary amides is 1. The van der Waals surface area contributed by atoms with Gasteiger partial charge in [0.2, 0.25) is 5.91 Å². The molecule has 0 bridgehead atoms. The summed E-state index contributed by atoms with van der Waals surface area (Å²) >= 11 is 1.23. The zero-order chi connectivity index (χ0) is 17.6. The molecule has 1 aliphatic heterocycles. The van der Waals surface area contributed by atoms with Crippen molar-refractivity contribution in [2.45, 2.75) is 5.92 Å². The molecule has 6 nitrogen and oxygen atoms in total. The lowest BCUT2D eigenvalue weighted by molar-refractivity contribution is -0.120. The number of amides is 2. The lowest BCUT2D eigenvalue weighted by Gasteiger charge is -2.20. The van der Waals surface area contributed by atoms with Crippen LogP contribution in [0.25, 0.3) is 10.2 Å². The molecule has 1 atom stereocenters. The lowest BCUT2D eigenvalue weighted by atomic mass is 9.97. The minimum Gasteiger partial charge on any atom is -0.490 e. The van der Waals surface area contributed by atoms with Gasteiger partial charge < -0.3 is 15.4 Å². The Hall–Kier alpha value is -2.93. The number of anilines is 1. The summed E-state index contributed by atoms with van der Waals surface area (Å²) in [7, 11) is 1.73. The van der Waals surface area contributed by atoms with Crippen molar-refractivity contribution < 1.29 is 14.3 Å². The Morgan fingerprint density at radius 2 is 2.08 bits per heavy atom. The maximum absolute atomic E-state index is 13.0. The molecule has 25 heavy (non-hydrogen) atoms. The third kappa shape index (κ3) is 2.53. The molecule has 0 fully saturated rings. The first-order valence-electron chi connectivity index (χ1n) is 7.75. The molecule has 0 unspecified atom stereocenters. The van der Waals surface area contributed by atoms with Crippen LogP contribution in [0.15, 0.2) is 42.5 Å². The van der Waals surface area contributed by atoms with Crippen molar-refractivity contribution >= 4 is 39.1 Å². The molecule has 0 radical (unpaired) electrons. The molecular formula is C18H15N3O3S. The Bertz CT molecular complexity index is 998. The molecule has 4 rings (SSSR count). The van der Waals surface area contributed by atoms with E-state index in [9.17, 15) is 9.59 Å². The standard InChI is InChI=1S/C18H15N3O3S/c1-21-12-6-2-3-7-13(12)24-9-11(18(21)23)10-5-4-8-14-15(10)20-17(25-14)16(19)22/h2-8,11H,9H2,1H3,(H2,19,22)/t11-/m1/s1. The summed E-state index contributed by atoms with van der Waals surface area (Å²) in [6.45, 7) is 0.211. The summed E-state index contributed by atoms with van der Waals surface area (Å²) in [6, 6.07) is 13.0. The number of thiazole rings is 1. The van der Waals surface area contributed by atoms with E-state index in [1.165, 1.54) is 11.3 Å². The molecular weight excluding hydrogens is 338 g/mol. The second-order valence-corrected chi connectivity index (χ2v) is 6.84. The minimum absolute atomic E-state index is 0.0777. The number of para-hydroxylation sites is 3. The predicted octanol–water partition coefficient (Wildman–Crippen LogP) is 2.53. The van der Waals surface area contributed by atoms with Gasteiger partial charge in [-0.1, -0.05) is 24.3 Å². The van der Waals surface area contributed by atoms with Crippen molar-refractivity contribution in [3.8, 4) is 5.75 Å². The van der Waals surface area contributed by atoms with Gasteiger partial charge in [0.25, 0.3) is 5.91 Å². The predicted molar refractivity (Wildman–Crippen MR) is 96.2 cm³/mol. The molecule has 2 N–H and O–H groups in total. The number of hydrogen-bond donors (Lipinski definition) is 1. The van der Waals surface area contributed by atoms with E-state index in [4.69, 9.17) is 10.5 Å². The van der Waals surface area contributed by atoms with Gasteiger partial charge in [0.1, 0.15) is 12.4 Å². The summed E-state index contributed by atoms with van der Waals surface area (Å²) in [5.41, 5.74) is 7.45. The Kier molecular flexibility index (Phi) is 3.65. The molecule has 2 aromatic carbocycles. The van der Waals surface area contributed by atoms with Crippen molar-refractivity contribution in [1.82, 2.24) is 4.98 Å². The van der Waals surface area contributed by atoms with Crippen LogP contribution in [0.3, 0.4) is 0 Å². The van der Waals surface area contributed by atoms with E-state index in [2.05, 4.69) is 4.98 Å². The third-order valence-corrected chi connectivity index (χ3v) is 5.33. The highest BCUT2D eigenvalue weighted by Gasteiger charge is 2.32. The highest BCUT2D eigenvalue weighted by Crippen LogP contribution is 2.36. The first-order chi connectivity index (χ1) is 12.1. The van der Waals surface area contributed by atoms with Crippen molar-refractivity contribution in [2.75, 3.05) is 18.6 Å². The number of carbonyl (C=O) groups is 2. The van der Waals surface area contributed by atoms with E-state index < -0.39 is 11.8 Å². The number of nitrogens with two attached hydrogens (primary N) is 1. The fraction of sp³-hybridized carbons (Fsp3) is 0.167. The Balaban J connectivity index is 1.81. The molecule has 3 aromatic rings. The first kappa shape index (κ1) is 15.6. The summed E-state index contributed by atoms with van der Waals surface area (Å²) in [6.07, 6.45) is 0. The fourth-order valence-corrected chi connectivity index (χ4v) is 3.89. The minimum atomic E-state index is -0.569. The topological polar surface area (TPSA) is 85.5 Å². The maximum atomic E-state index is 13.0. The molecule has 0 saturated heterocycles. The lowest BCUT2D eigenvalue weighted by Crippen LogP contribution is -2.32. The average Bonchev–Trinajstić information content (AvgIpc) is 3.02. The van der Waals surface area contributed by atoms with Crippen molar-refractivity contribution in [1.29, 1.82) is 0 Å². The van der Waals surface area contributed by atoms with E-state index in [0.717, 1.165) is 16.0 Å². The Morgan fingerprint density at radius 3 is 2.88 bits per heavy atom. The van der Waals surface area contributed by atoms with Crippen molar-refractivity contribution in [3.63, 3.8) is 0 Å². The monoisotopic (exact) mass is 353 g/mol. The highest BCUT2D eigenvalue weighted by atomic mass is 32.1. The van der Waals surface area contributed by atoms with Crippen LogP contribution in [-0.2, 0) is 4.79 Å². The second kappa shape index (κ2) is 5.86. The van der Waals surface area contributed by atoms with Gasteiger partial charge in [-0.3, -0.25) is 9.59 Å². The van der Waals surface area contributed by atoms with Crippen LogP contribution < -0.4 is 15.4 Å². The van der Waals surface area contributed by atoms with Crippen molar-refractivity contribution in [3.05, 3.63) is 53.0 Å². The van der Waals surface area contributed by atoms with Gasteiger partial charge >= 0.3 is 0 Å². The molecule has 7 heteroatoms. The molecule has 2 amide bonds. The zero-order valence-electron chi connectivity index (χ0n) is 13.4. The average molecular weight is 353 g/mol. The molecule has 0 saturated carbocycles. The number of benzene rings is 2. The number of hydrogen-bond acceptors (Lipinski definition) is 5. The van der Waals surface area contributed by atoms with Crippen LogP contribution in [-0.4, -0.2) is 30.5 Å².